The van der Waals surface area contributed by atoms with E-state index >= 15 is 0 Å². The SMILES string of the molecule is CCC(CC)CNC(=O)c1ccc(Cl)c(S(N)(=O)=O)c1. The summed E-state index contributed by atoms with van der Waals surface area (Å²) in [5.41, 5.74) is 0.226. The summed E-state index contributed by atoms with van der Waals surface area (Å²) in [6.45, 7) is 4.67. The van der Waals surface area contributed by atoms with E-state index in [9.17, 15) is 13.2 Å². The van der Waals surface area contributed by atoms with E-state index in [1.165, 1.54) is 18.2 Å². The molecule has 0 atom stereocenters. The smallest absolute Gasteiger partial charge is 0.251 e. The van der Waals surface area contributed by atoms with Crippen LogP contribution in [0.5, 0.6) is 0 Å². The maximum atomic E-state index is 12.0. The first-order chi connectivity index (χ1) is 9.29. The zero-order chi connectivity index (χ0) is 15.3. The van der Waals surface area contributed by atoms with Gasteiger partial charge in [-0.1, -0.05) is 38.3 Å². The molecular formula is C13H19ClN2O3S. The number of carbonyl (C=O) groups excluding carboxylic acids is 1. The lowest BCUT2D eigenvalue weighted by atomic mass is 10.0. The molecule has 1 aromatic carbocycles. The van der Waals surface area contributed by atoms with Crippen molar-refractivity contribution in [1.29, 1.82) is 0 Å². The third-order valence-electron chi connectivity index (χ3n) is 3.21. The minimum Gasteiger partial charge on any atom is -0.352 e. The van der Waals surface area contributed by atoms with Crippen LogP contribution in [0.15, 0.2) is 23.1 Å². The molecule has 112 valence electrons. The molecular weight excluding hydrogens is 300 g/mol. The van der Waals surface area contributed by atoms with Crippen molar-refractivity contribution in [3.8, 4) is 0 Å². The molecule has 0 spiro atoms. The summed E-state index contributed by atoms with van der Waals surface area (Å²) in [5.74, 6) is 0.0717. The van der Waals surface area contributed by atoms with Crippen molar-refractivity contribution in [2.45, 2.75) is 31.6 Å². The molecule has 5 nitrogen and oxygen atoms in total. The number of sulfonamides is 1. The second-order valence-electron chi connectivity index (χ2n) is 4.58. The molecule has 0 radical (unpaired) electrons. The lowest BCUT2D eigenvalue weighted by Gasteiger charge is -2.13. The lowest BCUT2D eigenvalue weighted by molar-refractivity contribution is 0.0946. The predicted molar refractivity (Wildman–Crippen MR) is 79.2 cm³/mol. The van der Waals surface area contributed by atoms with Gasteiger partial charge in [-0.15, -0.1) is 0 Å². The van der Waals surface area contributed by atoms with Gasteiger partial charge >= 0.3 is 0 Å². The van der Waals surface area contributed by atoms with Crippen LogP contribution in [0.4, 0.5) is 0 Å². The van der Waals surface area contributed by atoms with Crippen molar-refractivity contribution in [2.24, 2.45) is 11.1 Å². The van der Waals surface area contributed by atoms with Crippen LogP contribution in [-0.4, -0.2) is 20.9 Å². The average Bonchev–Trinajstić information content (AvgIpc) is 2.38. The standard InChI is InChI=1S/C13H19ClN2O3S/c1-3-9(4-2)8-16-13(17)10-5-6-11(14)12(7-10)20(15,18)19/h5-7,9H,3-4,8H2,1-2H3,(H,16,17)(H2,15,18,19). The number of halogens is 1. The summed E-state index contributed by atoms with van der Waals surface area (Å²) >= 11 is 5.77. The zero-order valence-corrected chi connectivity index (χ0v) is 13.1. The molecule has 20 heavy (non-hydrogen) atoms. The number of amides is 1. The largest absolute Gasteiger partial charge is 0.352 e. The molecule has 0 bridgehead atoms. The normalized spacial score (nSPS) is 11.7. The monoisotopic (exact) mass is 318 g/mol. The van der Waals surface area contributed by atoms with Gasteiger partial charge < -0.3 is 5.32 Å². The highest BCUT2D eigenvalue weighted by Gasteiger charge is 2.16. The third-order valence-corrected chi connectivity index (χ3v) is 4.60. The van der Waals surface area contributed by atoms with Gasteiger partial charge in [0.15, 0.2) is 0 Å². The second kappa shape index (κ2) is 7.06. The summed E-state index contributed by atoms with van der Waals surface area (Å²) in [6.07, 6.45) is 1.94. The molecule has 0 aliphatic rings. The number of nitrogens with one attached hydrogen (secondary N) is 1. The van der Waals surface area contributed by atoms with Crippen LogP contribution in [0.3, 0.4) is 0 Å². The first kappa shape index (κ1) is 16.9. The number of benzene rings is 1. The Morgan fingerprint density at radius 3 is 2.45 bits per heavy atom. The highest BCUT2D eigenvalue weighted by Crippen LogP contribution is 2.21. The highest BCUT2D eigenvalue weighted by atomic mass is 35.5. The number of carbonyl (C=O) groups is 1. The summed E-state index contributed by atoms with van der Waals surface area (Å²) < 4.78 is 22.7. The second-order valence-corrected chi connectivity index (χ2v) is 6.52. The highest BCUT2D eigenvalue weighted by molar-refractivity contribution is 7.89. The number of hydrogen-bond donors (Lipinski definition) is 2. The summed E-state index contributed by atoms with van der Waals surface area (Å²) in [5, 5.41) is 7.83. The van der Waals surface area contributed by atoms with Gasteiger partial charge in [0, 0.05) is 12.1 Å². The maximum absolute atomic E-state index is 12.0. The van der Waals surface area contributed by atoms with Crippen LogP contribution in [0.2, 0.25) is 5.02 Å². The van der Waals surface area contributed by atoms with Gasteiger partial charge in [0.2, 0.25) is 10.0 Å². The van der Waals surface area contributed by atoms with Crippen LogP contribution in [0.25, 0.3) is 0 Å². The molecule has 0 aliphatic heterocycles. The Morgan fingerprint density at radius 1 is 1.35 bits per heavy atom. The Hall–Kier alpha value is -1.11. The minimum atomic E-state index is -3.94. The fourth-order valence-electron chi connectivity index (χ4n) is 1.78. The van der Waals surface area contributed by atoms with Crippen LogP contribution in [0.1, 0.15) is 37.0 Å². The first-order valence-corrected chi connectivity index (χ1v) is 8.32. The van der Waals surface area contributed by atoms with Crippen molar-refractivity contribution in [3.05, 3.63) is 28.8 Å². The van der Waals surface area contributed by atoms with Gasteiger partial charge in [-0.25, -0.2) is 13.6 Å². The zero-order valence-electron chi connectivity index (χ0n) is 11.5. The number of rotatable bonds is 6. The van der Waals surface area contributed by atoms with Crippen molar-refractivity contribution >= 4 is 27.5 Å². The molecule has 0 saturated heterocycles. The van der Waals surface area contributed by atoms with Gasteiger partial charge in [-0.2, -0.15) is 0 Å². The fraction of sp³-hybridized carbons (Fsp3) is 0.462. The number of primary sulfonamides is 1. The van der Waals surface area contributed by atoms with Crippen molar-refractivity contribution < 1.29 is 13.2 Å². The van der Waals surface area contributed by atoms with E-state index in [2.05, 4.69) is 19.2 Å². The van der Waals surface area contributed by atoms with Crippen molar-refractivity contribution in [2.75, 3.05) is 6.54 Å². The molecule has 0 saturated carbocycles. The van der Waals surface area contributed by atoms with E-state index in [0.29, 0.717) is 12.5 Å². The van der Waals surface area contributed by atoms with Crippen LogP contribution in [0, 0.1) is 5.92 Å². The van der Waals surface area contributed by atoms with Gasteiger partial charge in [-0.05, 0) is 24.1 Å². The first-order valence-electron chi connectivity index (χ1n) is 6.40. The van der Waals surface area contributed by atoms with E-state index in [1.807, 2.05) is 0 Å². The molecule has 0 unspecified atom stereocenters. The third kappa shape index (κ3) is 4.47. The van der Waals surface area contributed by atoms with Gasteiger partial charge in [0.05, 0.1) is 5.02 Å². The molecule has 1 amide bonds. The molecule has 1 aromatic rings. The van der Waals surface area contributed by atoms with E-state index in [4.69, 9.17) is 16.7 Å². The average molecular weight is 319 g/mol. The Bertz CT molecular complexity index is 583. The van der Waals surface area contributed by atoms with E-state index < -0.39 is 10.0 Å². The maximum Gasteiger partial charge on any atom is 0.251 e. The van der Waals surface area contributed by atoms with Crippen LogP contribution >= 0.6 is 11.6 Å². The molecule has 0 fully saturated rings. The molecule has 3 N–H and O–H groups in total. The van der Waals surface area contributed by atoms with Crippen molar-refractivity contribution in [3.63, 3.8) is 0 Å². The Labute approximate surface area is 124 Å². The minimum absolute atomic E-state index is 0.00374. The molecule has 0 aromatic heterocycles. The molecule has 7 heteroatoms. The van der Waals surface area contributed by atoms with E-state index in [0.717, 1.165) is 12.8 Å². The molecule has 0 aliphatic carbocycles. The molecule has 0 heterocycles. The topological polar surface area (TPSA) is 89.3 Å². The quantitative estimate of drug-likeness (QED) is 0.842. The number of hydrogen-bond acceptors (Lipinski definition) is 3. The Balaban J connectivity index is 2.90. The van der Waals surface area contributed by atoms with E-state index in [-0.39, 0.29) is 21.4 Å². The molecule has 1 rings (SSSR count). The van der Waals surface area contributed by atoms with Crippen LogP contribution in [-0.2, 0) is 10.0 Å². The summed E-state index contributed by atoms with van der Waals surface area (Å²) in [4.78, 5) is 11.7. The van der Waals surface area contributed by atoms with Crippen molar-refractivity contribution in [1.82, 2.24) is 5.32 Å². The van der Waals surface area contributed by atoms with E-state index in [1.54, 1.807) is 0 Å². The number of nitrogens with two attached hydrogens (primary N) is 1. The van der Waals surface area contributed by atoms with Gasteiger partial charge in [-0.3, -0.25) is 4.79 Å². The van der Waals surface area contributed by atoms with Gasteiger partial charge in [0.25, 0.3) is 5.91 Å². The fourth-order valence-corrected chi connectivity index (χ4v) is 2.85. The van der Waals surface area contributed by atoms with Crippen LogP contribution < -0.4 is 10.5 Å². The lowest BCUT2D eigenvalue weighted by Crippen LogP contribution is -2.29. The Kier molecular flexibility index (Phi) is 5.98. The summed E-state index contributed by atoms with van der Waals surface area (Å²) in [6, 6.07) is 4.02. The van der Waals surface area contributed by atoms with Gasteiger partial charge in [0.1, 0.15) is 4.90 Å². The Morgan fingerprint density at radius 2 is 1.95 bits per heavy atom. The predicted octanol–water partition coefficient (Wildman–Crippen LogP) is 2.15. The summed E-state index contributed by atoms with van der Waals surface area (Å²) in [7, 11) is -3.94.